The number of ether oxygens (including phenoxy) is 1. The minimum atomic E-state index is 0.0302. The number of fused-ring (bicyclic) bond motifs is 1. The van der Waals surface area contributed by atoms with Gasteiger partial charge in [-0.3, -0.25) is 9.36 Å². The van der Waals surface area contributed by atoms with Crippen LogP contribution < -0.4 is 5.56 Å². The molecule has 0 saturated carbocycles. The molecule has 2 aromatic heterocycles. The van der Waals surface area contributed by atoms with Crippen LogP contribution in [-0.2, 0) is 11.3 Å². The SMILES string of the molecule is O=c1c2cc(-c3ccccc3)sc2ncn1CC1CCCCO1. The molecule has 1 fully saturated rings. The van der Waals surface area contributed by atoms with Gasteiger partial charge >= 0.3 is 0 Å². The van der Waals surface area contributed by atoms with Crippen LogP contribution in [-0.4, -0.2) is 22.3 Å². The first-order chi connectivity index (χ1) is 11.3. The van der Waals surface area contributed by atoms with Crippen molar-refractivity contribution in [2.75, 3.05) is 6.61 Å². The monoisotopic (exact) mass is 326 g/mol. The molecule has 118 valence electrons. The molecule has 0 aliphatic carbocycles. The normalized spacial score (nSPS) is 18.3. The Morgan fingerprint density at radius 3 is 2.91 bits per heavy atom. The average molecular weight is 326 g/mol. The Hall–Kier alpha value is -1.98. The van der Waals surface area contributed by atoms with Crippen molar-refractivity contribution in [1.29, 1.82) is 0 Å². The van der Waals surface area contributed by atoms with Gasteiger partial charge in [-0.1, -0.05) is 30.3 Å². The van der Waals surface area contributed by atoms with E-state index in [2.05, 4.69) is 17.1 Å². The summed E-state index contributed by atoms with van der Waals surface area (Å²) in [7, 11) is 0. The van der Waals surface area contributed by atoms with Crippen molar-refractivity contribution in [3.05, 3.63) is 53.1 Å². The molecule has 0 radical (unpaired) electrons. The molecule has 0 N–H and O–H groups in total. The molecule has 4 rings (SSSR count). The van der Waals surface area contributed by atoms with Gasteiger partial charge in [0.2, 0.25) is 0 Å². The van der Waals surface area contributed by atoms with Gasteiger partial charge in [-0.05, 0) is 30.9 Å². The zero-order chi connectivity index (χ0) is 15.6. The van der Waals surface area contributed by atoms with E-state index in [0.717, 1.165) is 34.7 Å². The van der Waals surface area contributed by atoms with Crippen molar-refractivity contribution in [1.82, 2.24) is 9.55 Å². The van der Waals surface area contributed by atoms with Crippen LogP contribution in [0.3, 0.4) is 0 Å². The molecular weight excluding hydrogens is 308 g/mol. The third kappa shape index (κ3) is 2.94. The van der Waals surface area contributed by atoms with E-state index in [0.29, 0.717) is 11.9 Å². The molecule has 3 heterocycles. The summed E-state index contributed by atoms with van der Waals surface area (Å²) in [5.74, 6) is 0. The van der Waals surface area contributed by atoms with Gasteiger partial charge < -0.3 is 4.74 Å². The maximum atomic E-state index is 12.7. The molecule has 0 bridgehead atoms. The Labute approximate surface area is 138 Å². The molecule has 1 aliphatic rings. The maximum Gasteiger partial charge on any atom is 0.262 e. The molecule has 1 aliphatic heterocycles. The van der Waals surface area contributed by atoms with Crippen LogP contribution >= 0.6 is 11.3 Å². The van der Waals surface area contributed by atoms with E-state index < -0.39 is 0 Å². The predicted octanol–water partition coefficient (Wildman–Crippen LogP) is 3.69. The number of rotatable bonds is 3. The maximum absolute atomic E-state index is 12.7. The van der Waals surface area contributed by atoms with Gasteiger partial charge in [0.15, 0.2) is 0 Å². The number of hydrogen-bond donors (Lipinski definition) is 0. The predicted molar refractivity (Wildman–Crippen MR) is 92.9 cm³/mol. The second-order valence-corrected chi connectivity index (χ2v) is 6.92. The van der Waals surface area contributed by atoms with Crippen molar-refractivity contribution in [2.24, 2.45) is 0 Å². The summed E-state index contributed by atoms with van der Waals surface area (Å²) in [4.78, 5) is 19.1. The molecule has 3 aromatic rings. The van der Waals surface area contributed by atoms with E-state index in [1.165, 1.54) is 6.42 Å². The highest BCUT2D eigenvalue weighted by atomic mass is 32.1. The van der Waals surface area contributed by atoms with Crippen molar-refractivity contribution in [3.63, 3.8) is 0 Å². The zero-order valence-electron chi connectivity index (χ0n) is 12.8. The van der Waals surface area contributed by atoms with Crippen molar-refractivity contribution >= 4 is 21.6 Å². The second kappa shape index (κ2) is 6.26. The summed E-state index contributed by atoms with van der Waals surface area (Å²) in [5.41, 5.74) is 1.15. The van der Waals surface area contributed by atoms with Crippen LogP contribution in [0.5, 0.6) is 0 Å². The third-order valence-electron chi connectivity index (χ3n) is 4.25. The highest BCUT2D eigenvalue weighted by molar-refractivity contribution is 7.21. The summed E-state index contributed by atoms with van der Waals surface area (Å²) in [6.07, 6.45) is 5.10. The quantitative estimate of drug-likeness (QED) is 0.737. The van der Waals surface area contributed by atoms with E-state index in [4.69, 9.17) is 4.74 Å². The van der Waals surface area contributed by atoms with Gasteiger partial charge in [0.1, 0.15) is 4.83 Å². The Morgan fingerprint density at radius 2 is 2.13 bits per heavy atom. The highest BCUT2D eigenvalue weighted by Crippen LogP contribution is 2.30. The number of nitrogens with zero attached hydrogens (tertiary/aromatic N) is 2. The first-order valence-electron chi connectivity index (χ1n) is 7.97. The fourth-order valence-corrected chi connectivity index (χ4v) is 4.00. The van der Waals surface area contributed by atoms with Crippen molar-refractivity contribution in [2.45, 2.75) is 31.9 Å². The minimum absolute atomic E-state index is 0.0302. The lowest BCUT2D eigenvalue weighted by atomic mass is 10.1. The third-order valence-corrected chi connectivity index (χ3v) is 5.34. The van der Waals surface area contributed by atoms with Gasteiger partial charge in [-0.25, -0.2) is 4.98 Å². The smallest absolute Gasteiger partial charge is 0.262 e. The van der Waals surface area contributed by atoms with E-state index >= 15 is 0 Å². The van der Waals surface area contributed by atoms with Gasteiger partial charge in [-0.2, -0.15) is 0 Å². The Kier molecular flexibility index (Phi) is 3.97. The van der Waals surface area contributed by atoms with Crippen LogP contribution in [0.15, 0.2) is 47.5 Å². The minimum Gasteiger partial charge on any atom is -0.376 e. The van der Waals surface area contributed by atoms with E-state index in [1.54, 1.807) is 22.2 Å². The fourth-order valence-electron chi connectivity index (χ4n) is 3.01. The van der Waals surface area contributed by atoms with Gasteiger partial charge in [0.05, 0.1) is 24.4 Å². The number of benzene rings is 1. The first kappa shape index (κ1) is 14.6. The average Bonchev–Trinajstić information content (AvgIpc) is 3.04. The summed E-state index contributed by atoms with van der Waals surface area (Å²) in [6, 6.07) is 12.1. The van der Waals surface area contributed by atoms with E-state index in [9.17, 15) is 4.79 Å². The van der Waals surface area contributed by atoms with Gasteiger partial charge in [0, 0.05) is 11.5 Å². The summed E-state index contributed by atoms with van der Waals surface area (Å²) in [6.45, 7) is 1.39. The zero-order valence-corrected chi connectivity index (χ0v) is 13.6. The fraction of sp³-hybridized carbons (Fsp3) is 0.333. The van der Waals surface area contributed by atoms with Gasteiger partial charge in [-0.15, -0.1) is 11.3 Å². The molecule has 1 aromatic carbocycles. The molecule has 0 amide bonds. The molecule has 4 nitrogen and oxygen atoms in total. The van der Waals surface area contributed by atoms with Crippen LogP contribution in [0, 0.1) is 0 Å². The lowest BCUT2D eigenvalue weighted by molar-refractivity contribution is 0.00536. The molecule has 1 unspecified atom stereocenters. The number of aromatic nitrogens is 2. The Balaban J connectivity index is 1.69. The molecular formula is C18H18N2O2S. The van der Waals surface area contributed by atoms with Crippen molar-refractivity contribution in [3.8, 4) is 10.4 Å². The lowest BCUT2D eigenvalue weighted by Gasteiger charge is -2.22. The highest BCUT2D eigenvalue weighted by Gasteiger charge is 2.16. The van der Waals surface area contributed by atoms with Crippen molar-refractivity contribution < 1.29 is 4.74 Å². The Bertz CT molecular complexity index is 864. The molecule has 23 heavy (non-hydrogen) atoms. The largest absolute Gasteiger partial charge is 0.376 e. The Morgan fingerprint density at radius 1 is 1.26 bits per heavy atom. The summed E-state index contributed by atoms with van der Waals surface area (Å²) < 4.78 is 7.43. The van der Waals surface area contributed by atoms with E-state index in [-0.39, 0.29) is 11.7 Å². The topological polar surface area (TPSA) is 44.1 Å². The van der Waals surface area contributed by atoms with Crippen LogP contribution in [0.1, 0.15) is 19.3 Å². The van der Waals surface area contributed by atoms with Crippen LogP contribution in [0.25, 0.3) is 20.7 Å². The van der Waals surface area contributed by atoms with Crippen LogP contribution in [0.4, 0.5) is 0 Å². The molecule has 1 atom stereocenters. The van der Waals surface area contributed by atoms with E-state index in [1.807, 2.05) is 24.3 Å². The summed E-state index contributed by atoms with van der Waals surface area (Å²) in [5, 5.41) is 0.701. The standard InChI is InChI=1S/C18H18N2O2S/c21-18-15-10-16(13-6-2-1-3-7-13)23-17(15)19-12-20(18)11-14-8-4-5-9-22-14/h1-3,6-7,10,12,14H,4-5,8-9,11H2. The molecule has 1 saturated heterocycles. The number of hydrogen-bond acceptors (Lipinski definition) is 4. The number of thiophene rings is 1. The summed E-state index contributed by atoms with van der Waals surface area (Å²) >= 11 is 1.56. The van der Waals surface area contributed by atoms with Crippen LogP contribution in [0.2, 0.25) is 0 Å². The van der Waals surface area contributed by atoms with Gasteiger partial charge in [0.25, 0.3) is 5.56 Å². The second-order valence-electron chi connectivity index (χ2n) is 5.89. The molecule has 0 spiro atoms. The first-order valence-corrected chi connectivity index (χ1v) is 8.79. The molecule has 5 heteroatoms. The lowest BCUT2D eigenvalue weighted by Crippen LogP contribution is -2.30.